The highest BCUT2D eigenvalue weighted by Crippen LogP contribution is 2.24. The van der Waals surface area contributed by atoms with E-state index in [0.717, 1.165) is 0 Å². The predicted molar refractivity (Wildman–Crippen MR) is 76.7 cm³/mol. The summed E-state index contributed by atoms with van der Waals surface area (Å²) in [5.41, 5.74) is 0. The number of rotatable bonds is 3. The van der Waals surface area contributed by atoms with Gasteiger partial charge in [-0.1, -0.05) is 6.92 Å². The van der Waals surface area contributed by atoms with Crippen LogP contribution in [-0.4, -0.2) is 37.0 Å². The first-order valence-corrected chi connectivity index (χ1v) is 7.10. The summed E-state index contributed by atoms with van der Waals surface area (Å²) in [5.74, 6) is 0.0807. The summed E-state index contributed by atoms with van der Waals surface area (Å²) in [6.45, 7) is 2.91. The topological polar surface area (TPSA) is 59.8 Å². The lowest BCUT2D eigenvalue weighted by molar-refractivity contribution is -0.146. The fraction of sp³-hybridized carbons (Fsp3) is 0.429. The average molecular weight is 342 g/mol. The minimum atomic E-state index is -0.258. The van der Waals surface area contributed by atoms with Crippen molar-refractivity contribution in [3.8, 4) is 0 Å². The van der Waals surface area contributed by atoms with Crippen molar-refractivity contribution in [3.05, 3.63) is 28.6 Å². The number of carbonyl (C=O) groups is 2. The van der Waals surface area contributed by atoms with Gasteiger partial charge in [0.1, 0.15) is 5.76 Å². The van der Waals surface area contributed by atoms with Gasteiger partial charge in [0.25, 0.3) is 0 Å². The Bertz CT molecular complexity index is 537. The Hall–Kier alpha value is -1.56. The molecule has 5 nitrogen and oxygen atoms in total. The maximum absolute atomic E-state index is 12.1. The second-order valence-corrected chi connectivity index (χ2v) is 5.61. The maximum atomic E-state index is 12.1. The molecule has 1 aromatic rings. The van der Waals surface area contributed by atoms with Crippen LogP contribution < -0.4 is 0 Å². The summed E-state index contributed by atoms with van der Waals surface area (Å²) in [7, 11) is 1.37. The summed E-state index contributed by atoms with van der Waals surface area (Å²) in [6, 6.07) is 3.52. The molecular weight excluding hydrogens is 326 g/mol. The van der Waals surface area contributed by atoms with Crippen LogP contribution in [0.3, 0.4) is 0 Å². The van der Waals surface area contributed by atoms with Crippen LogP contribution in [0.15, 0.2) is 27.3 Å². The number of esters is 1. The van der Waals surface area contributed by atoms with E-state index in [-0.39, 0.29) is 23.7 Å². The maximum Gasteiger partial charge on any atom is 0.310 e. The number of hydrogen-bond donors (Lipinski definition) is 0. The summed E-state index contributed by atoms with van der Waals surface area (Å²) in [6.07, 6.45) is 3.07. The van der Waals surface area contributed by atoms with Crippen LogP contribution >= 0.6 is 15.9 Å². The van der Waals surface area contributed by atoms with Gasteiger partial charge in [-0.2, -0.15) is 0 Å². The molecule has 1 aliphatic heterocycles. The monoisotopic (exact) mass is 341 g/mol. The van der Waals surface area contributed by atoms with Crippen LogP contribution in [0.2, 0.25) is 0 Å². The van der Waals surface area contributed by atoms with Crippen LogP contribution in [0, 0.1) is 11.8 Å². The molecule has 2 unspecified atom stereocenters. The zero-order valence-electron chi connectivity index (χ0n) is 11.3. The van der Waals surface area contributed by atoms with E-state index in [9.17, 15) is 9.59 Å². The van der Waals surface area contributed by atoms with E-state index in [1.54, 1.807) is 23.1 Å². The lowest BCUT2D eigenvalue weighted by Crippen LogP contribution is -2.28. The van der Waals surface area contributed by atoms with Crippen molar-refractivity contribution < 1.29 is 18.7 Å². The molecule has 1 saturated heterocycles. The van der Waals surface area contributed by atoms with Gasteiger partial charge in [-0.3, -0.25) is 9.59 Å². The molecule has 0 aromatic carbocycles. The number of methoxy groups -OCH3 is 1. The number of halogens is 1. The number of ether oxygens (including phenoxy) is 1. The van der Waals surface area contributed by atoms with Gasteiger partial charge in [-0.05, 0) is 40.1 Å². The van der Waals surface area contributed by atoms with E-state index in [1.165, 1.54) is 13.2 Å². The number of likely N-dealkylation sites (tertiary alicyclic amines) is 1. The molecule has 0 radical (unpaired) electrons. The normalized spacial score (nSPS) is 22.4. The van der Waals surface area contributed by atoms with Crippen molar-refractivity contribution in [2.75, 3.05) is 20.2 Å². The third kappa shape index (κ3) is 3.30. The van der Waals surface area contributed by atoms with Crippen molar-refractivity contribution in [1.82, 2.24) is 4.90 Å². The predicted octanol–water partition coefficient (Wildman–Crippen LogP) is 2.32. The first kappa shape index (κ1) is 14.8. The van der Waals surface area contributed by atoms with Gasteiger partial charge < -0.3 is 14.1 Å². The largest absolute Gasteiger partial charge is 0.469 e. The van der Waals surface area contributed by atoms with E-state index in [4.69, 9.17) is 9.15 Å². The fourth-order valence-corrected chi connectivity index (χ4v) is 2.60. The Morgan fingerprint density at radius 1 is 1.45 bits per heavy atom. The van der Waals surface area contributed by atoms with Crippen molar-refractivity contribution >= 4 is 33.9 Å². The number of amides is 1. The molecule has 1 fully saturated rings. The van der Waals surface area contributed by atoms with Crippen LogP contribution in [-0.2, 0) is 14.3 Å². The molecular formula is C14H16BrNO4. The van der Waals surface area contributed by atoms with Gasteiger partial charge in [0.2, 0.25) is 5.91 Å². The van der Waals surface area contributed by atoms with Crippen molar-refractivity contribution in [3.63, 3.8) is 0 Å². The minimum absolute atomic E-state index is 0.109. The molecule has 2 heterocycles. The quantitative estimate of drug-likeness (QED) is 0.625. The Morgan fingerprint density at radius 3 is 2.80 bits per heavy atom. The second-order valence-electron chi connectivity index (χ2n) is 4.83. The lowest BCUT2D eigenvalue weighted by Gasteiger charge is -2.13. The molecule has 20 heavy (non-hydrogen) atoms. The number of hydrogen-bond acceptors (Lipinski definition) is 4. The molecule has 2 atom stereocenters. The molecule has 108 valence electrons. The van der Waals surface area contributed by atoms with Gasteiger partial charge in [0.05, 0.1) is 13.0 Å². The summed E-state index contributed by atoms with van der Waals surface area (Å²) >= 11 is 3.20. The smallest absolute Gasteiger partial charge is 0.310 e. The Morgan fingerprint density at radius 2 is 2.20 bits per heavy atom. The minimum Gasteiger partial charge on any atom is -0.469 e. The lowest BCUT2D eigenvalue weighted by atomic mass is 9.99. The van der Waals surface area contributed by atoms with Crippen LogP contribution in [0.4, 0.5) is 0 Å². The van der Waals surface area contributed by atoms with Gasteiger partial charge >= 0.3 is 5.97 Å². The van der Waals surface area contributed by atoms with Crippen LogP contribution in [0.25, 0.3) is 6.08 Å². The molecule has 6 heteroatoms. The molecule has 1 aromatic heterocycles. The summed E-state index contributed by atoms with van der Waals surface area (Å²) < 4.78 is 10.6. The van der Waals surface area contributed by atoms with Gasteiger partial charge in [-0.15, -0.1) is 0 Å². The molecule has 0 N–H and O–H groups in total. The van der Waals surface area contributed by atoms with Crippen molar-refractivity contribution in [1.29, 1.82) is 0 Å². The van der Waals surface area contributed by atoms with E-state index in [2.05, 4.69) is 15.9 Å². The number of furan rings is 1. The number of nitrogens with zero attached hydrogens (tertiary/aromatic N) is 1. The van der Waals surface area contributed by atoms with Gasteiger partial charge in [-0.25, -0.2) is 0 Å². The molecule has 0 aliphatic carbocycles. The third-order valence-electron chi connectivity index (χ3n) is 3.41. The van der Waals surface area contributed by atoms with Gasteiger partial charge in [0, 0.05) is 19.2 Å². The second kappa shape index (κ2) is 6.26. The van der Waals surface area contributed by atoms with E-state index in [1.807, 2.05) is 6.92 Å². The van der Waals surface area contributed by atoms with Crippen LogP contribution in [0.1, 0.15) is 12.7 Å². The average Bonchev–Trinajstić information content (AvgIpc) is 3.01. The molecule has 0 saturated carbocycles. The van der Waals surface area contributed by atoms with Crippen LogP contribution in [0.5, 0.6) is 0 Å². The highest BCUT2D eigenvalue weighted by molar-refractivity contribution is 9.10. The van der Waals surface area contributed by atoms with E-state index < -0.39 is 0 Å². The van der Waals surface area contributed by atoms with Gasteiger partial charge in [0.15, 0.2) is 4.67 Å². The molecule has 1 aliphatic rings. The third-order valence-corrected chi connectivity index (χ3v) is 3.84. The first-order chi connectivity index (χ1) is 9.51. The highest BCUT2D eigenvalue weighted by Gasteiger charge is 2.36. The van der Waals surface area contributed by atoms with Crippen molar-refractivity contribution in [2.24, 2.45) is 11.8 Å². The summed E-state index contributed by atoms with van der Waals surface area (Å²) in [4.78, 5) is 25.3. The van der Waals surface area contributed by atoms with E-state index >= 15 is 0 Å². The molecule has 0 spiro atoms. The zero-order chi connectivity index (χ0) is 14.7. The Labute approximate surface area is 125 Å². The molecule has 1 amide bonds. The zero-order valence-corrected chi connectivity index (χ0v) is 12.9. The number of carbonyl (C=O) groups excluding carboxylic acids is 2. The molecule has 0 bridgehead atoms. The highest BCUT2D eigenvalue weighted by atomic mass is 79.9. The Kier molecular flexibility index (Phi) is 4.65. The van der Waals surface area contributed by atoms with Crippen molar-refractivity contribution in [2.45, 2.75) is 6.92 Å². The molecule has 2 rings (SSSR count). The Balaban J connectivity index is 1.97. The first-order valence-electron chi connectivity index (χ1n) is 6.31. The van der Waals surface area contributed by atoms with E-state index in [0.29, 0.717) is 23.5 Å². The standard InChI is InChI=1S/C14H16BrNO4/c1-9-7-16(8-11(9)14(18)19-2)13(17)6-4-10-3-5-12(15)20-10/h3-6,9,11H,7-8H2,1-2H3/b6-4+. The fourth-order valence-electron chi connectivity index (χ4n) is 2.28. The SMILES string of the molecule is COC(=O)C1CN(C(=O)/C=C/c2ccc(Br)o2)CC1C. The summed E-state index contributed by atoms with van der Waals surface area (Å²) in [5, 5.41) is 0.